The maximum absolute atomic E-state index is 12.4. The van der Waals surface area contributed by atoms with Gasteiger partial charge in [-0.2, -0.15) is 0 Å². The summed E-state index contributed by atoms with van der Waals surface area (Å²) in [5.41, 5.74) is 1.81. The molecule has 1 amide bonds. The quantitative estimate of drug-likeness (QED) is 0.900. The molecule has 4 heteroatoms. The van der Waals surface area contributed by atoms with E-state index >= 15 is 0 Å². The van der Waals surface area contributed by atoms with E-state index < -0.39 is 0 Å². The minimum absolute atomic E-state index is 0.0726. The van der Waals surface area contributed by atoms with Crippen LogP contribution < -0.4 is 4.90 Å². The maximum atomic E-state index is 12.4. The summed E-state index contributed by atoms with van der Waals surface area (Å²) in [6.07, 6.45) is 1.99. The number of anilines is 1. The zero-order chi connectivity index (χ0) is 13.8. The SMILES string of the molecule is CN(C)c1ccc(C(=O)N2CCCC(CO)C2)cc1. The van der Waals surface area contributed by atoms with E-state index in [0.29, 0.717) is 6.54 Å². The number of likely N-dealkylation sites (tertiary alicyclic amines) is 1. The molecule has 0 aromatic heterocycles. The number of hydrogen-bond donors (Lipinski definition) is 1. The topological polar surface area (TPSA) is 43.8 Å². The van der Waals surface area contributed by atoms with Gasteiger partial charge >= 0.3 is 0 Å². The summed E-state index contributed by atoms with van der Waals surface area (Å²) < 4.78 is 0. The highest BCUT2D eigenvalue weighted by molar-refractivity contribution is 5.94. The molecular weight excluding hydrogens is 240 g/mol. The summed E-state index contributed by atoms with van der Waals surface area (Å²) in [7, 11) is 3.96. The van der Waals surface area contributed by atoms with Crippen LogP contribution in [0.2, 0.25) is 0 Å². The summed E-state index contributed by atoms with van der Waals surface area (Å²) >= 11 is 0. The van der Waals surface area contributed by atoms with Crippen LogP contribution in [0, 0.1) is 5.92 Å². The zero-order valence-corrected chi connectivity index (χ0v) is 11.7. The Balaban J connectivity index is 2.06. The first-order valence-electron chi connectivity index (χ1n) is 6.79. The molecule has 1 aliphatic heterocycles. The van der Waals surface area contributed by atoms with Crippen LogP contribution in [0.5, 0.6) is 0 Å². The Morgan fingerprint density at radius 3 is 2.63 bits per heavy atom. The van der Waals surface area contributed by atoms with Gasteiger partial charge in [0.2, 0.25) is 0 Å². The van der Waals surface area contributed by atoms with Crippen LogP contribution in [-0.4, -0.2) is 49.7 Å². The molecule has 4 nitrogen and oxygen atoms in total. The van der Waals surface area contributed by atoms with E-state index in [4.69, 9.17) is 0 Å². The summed E-state index contributed by atoms with van der Waals surface area (Å²) in [4.78, 5) is 16.2. The molecular formula is C15H22N2O2. The van der Waals surface area contributed by atoms with Gasteiger partial charge in [0, 0.05) is 45.0 Å². The first-order chi connectivity index (χ1) is 9.11. The Labute approximate surface area is 114 Å². The number of aliphatic hydroxyl groups is 1. The van der Waals surface area contributed by atoms with Crippen molar-refractivity contribution in [2.24, 2.45) is 5.92 Å². The second-order valence-corrected chi connectivity index (χ2v) is 5.38. The van der Waals surface area contributed by atoms with Crippen molar-refractivity contribution in [3.63, 3.8) is 0 Å². The van der Waals surface area contributed by atoms with Gasteiger partial charge in [-0.25, -0.2) is 0 Å². The highest BCUT2D eigenvalue weighted by Crippen LogP contribution is 2.19. The third-order valence-corrected chi connectivity index (χ3v) is 3.70. The predicted octanol–water partition coefficient (Wildman–Crippen LogP) is 1.60. The highest BCUT2D eigenvalue weighted by atomic mass is 16.3. The lowest BCUT2D eigenvalue weighted by Gasteiger charge is -2.32. The fraction of sp³-hybridized carbons (Fsp3) is 0.533. The maximum Gasteiger partial charge on any atom is 0.253 e. The Hall–Kier alpha value is -1.55. The molecule has 1 aliphatic rings. The van der Waals surface area contributed by atoms with Gasteiger partial charge in [0.1, 0.15) is 0 Å². The first-order valence-corrected chi connectivity index (χ1v) is 6.79. The fourth-order valence-electron chi connectivity index (χ4n) is 2.48. The summed E-state index contributed by atoms with van der Waals surface area (Å²) in [5.74, 6) is 0.308. The molecule has 1 fully saturated rings. The largest absolute Gasteiger partial charge is 0.396 e. The van der Waals surface area contributed by atoms with Crippen LogP contribution in [0.4, 0.5) is 5.69 Å². The van der Waals surface area contributed by atoms with Gasteiger partial charge in [-0.1, -0.05) is 0 Å². The highest BCUT2D eigenvalue weighted by Gasteiger charge is 2.23. The Kier molecular flexibility index (Phi) is 4.43. The lowest BCUT2D eigenvalue weighted by molar-refractivity contribution is 0.0621. The molecule has 1 aromatic carbocycles. The number of carbonyl (C=O) groups excluding carboxylic acids is 1. The Morgan fingerprint density at radius 1 is 1.37 bits per heavy atom. The molecule has 0 bridgehead atoms. The monoisotopic (exact) mass is 262 g/mol. The number of aliphatic hydroxyl groups excluding tert-OH is 1. The number of piperidine rings is 1. The number of carbonyl (C=O) groups is 1. The van der Waals surface area contributed by atoms with E-state index in [1.807, 2.05) is 48.2 Å². The summed E-state index contributed by atoms with van der Waals surface area (Å²) in [6.45, 7) is 1.64. The second-order valence-electron chi connectivity index (χ2n) is 5.38. The van der Waals surface area contributed by atoms with Gasteiger partial charge in [0.15, 0.2) is 0 Å². The van der Waals surface area contributed by atoms with E-state index in [2.05, 4.69) is 0 Å². The third-order valence-electron chi connectivity index (χ3n) is 3.70. The van der Waals surface area contributed by atoms with Crippen molar-refractivity contribution in [2.45, 2.75) is 12.8 Å². The normalized spacial score (nSPS) is 19.3. The van der Waals surface area contributed by atoms with Crippen LogP contribution in [-0.2, 0) is 0 Å². The molecule has 1 aromatic rings. The molecule has 0 saturated carbocycles. The number of rotatable bonds is 3. The van der Waals surface area contributed by atoms with Gasteiger partial charge in [0.25, 0.3) is 5.91 Å². The minimum Gasteiger partial charge on any atom is -0.396 e. The van der Waals surface area contributed by atoms with Gasteiger partial charge in [0.05, 0.1) is 0 Å². The summed E-state index contributed by atoms with van der Waals surface area (Å²) in [6, 6.07) is 7.67. The molecule has 104 valence electrons. The van der Waals surface area contributed by atoms with Crippen LogP contribution in [0.25, 0.3) is 0 Å². The van der Waals surface area contributed by atoms with Crippen molar-refractivity contribution < 1.29 is 9.90 Å². The van der Waals surface area contributed by atoms with Gasteiger partial charge in [-0.15, -0.1) is 0 Å². The summed E-state index contributed by atoms with van der Waals surface area (Å²) in [5, 5.41) is 9.22. The average Bonchev–Trinajstić information content (AvgIpc) is 2.46. The number of benzene rings is 1. The molecule has 0 radical (unpaired) electrons. The number of nitrogens with zero attached hydrogens (tertiary/aromatic N) is 2. The molecule has 0 spiro atoms. The number of hydrogen-bond acceptors (Lipinski definition) is 3. The van der Waals surface area contributed by atoms with E-state index in [0.717, 1.165) is 30.6 Å². The van der Waals surface area contributed by atoms with Crippen LogP contribution >= 0.6 is 0 Å². The molecule has 2 rings (SSSR count). The van der Waals surface area contributed by atoms with Gasteiger partial charge < -0.3 is 14.9 Å². The Morgan fingerprint density at radius 2 is 2.05 bits per heavy atom. The molecule has 0 aliphatic carbocycles. The average molecular weight is 262 g/mol. The predicted molar refractivity (Wildman–Crippen MR) is 76.5 cm³/mol. The molecule has 1 N–H and O–H groups in total. The van der Waals surface area contributed by atoms with Crippen molar-refractivity contribution >= 4 is 11.6 Å². The van der Waals surface area contributed by atoms with E-state index in [9.17, 15) is 9.90 Å². The van der Waals surface area contributed by atoms with Crippen molar-refractivity contribution in [1.82, 2.24) is 4.90 Å². The molecule has 19 heavy (non-hydrogen) atoms. The van der Waals surface area contributed by atoms with Gasteiger partial charge in [-0.3, -0.25) is 4.79 Å². The van der Waals surface area contributed by atoms with E-state index in [1.54, 1.807) is 0 Å². The zero-order valence-electron chi connectivity index (χ0n) is 11.7. The smallest absolute Gasteiger partial charge is 0.253 e. The third kappa shape index (κ3) is 3.26. The molecule has 1 atom stereocenters. The van der Waals surface area contributed by atoms with E-state index in [1.165, 1.54) is 0 Å². The van der Waals surface area contributed by atoms with Crippen molar-refractivity contribution in [3.8, 4) is 0 Å². The second kappa shape index (κ2) is 6.06. The number of amides is 1. The first kappa shape index (κ1) is 13.9. The molecule has 1 saturated heterocycles. The van der Waals surface area contributed by atoms with Crippen LogP contribution in [0.1, 0.15) is 23.2 Å². The Bertz CT molecular complexity index is 428. The van der Waals surface area contributed by atoms with Crippen molar-refractivity contribution in [2.75, 3.05) is 38.7 Å². The minimum atomic E-state index is 0.0726. The van der Waals surface area contributed by atoms with Crippen molar-refractivity contribution in [3.05, 3.63) is 29.8 Å². The fourth-order valence-corrected chi connectivity index (χ4v) is 2.48. The van der Waals surface area contributed by atoms with Crippen LogP contribution in [0.15, 0.2) is 24.3 Å². The van der Waals surface area contributed by atoms with Crippen molar-refractivity contribution in [1.29, 1.82) is 0 Å². The lowest BCUT2D eigenvalue weighted by Crippen LogP contribution is -2.40. The molecule has 1 unspecified atom stereocenters. The van der Waals surface area contributed by atoms with Gasteiger partial charge in [-0.05, 0) is 43.0 Å². The van der Waals surface area contributed by atoms with E-state index in [-0.39, 0.29) is 18.4 Å². The van der Waals surface area contributed by atoms with Crippen LogP contribution in [0.3, 0.4) is 0 Å². The lowest BCUT2D eigenvalue weighted by atomic mass is 9.98. The molecule has 1 heterocycles. The standard InChI is InChI=1S/C15H22N2O2/c1-16(2)14-7-5-13(6-8-14)15(19)17-9-3-4-12(10-17)11-18/h5-8,12,18H,3-4,9-11H2,1-2H3.